The van der Waals surface area contributed by atoms with E-state index in [4.69, 9.17) is 0 Å². The van der Waals surface area contributed by atoms with Gasteiger partial charge in [0.1, 0.15) is 0 Å². The van der Waals surface area contributed by atoms with Crippen molar-refractivity contribution in [1.82, 2.24) is 0 Å². The van der Waals surface area contributed by atoms with Crippen LogP contribution in [-0.2, 0) is 31.7 Å². The van der Waals surface area contributed by atoms with E-state index in [2.05, 4.69) is 0 Å². The van der Waals surface area contributed by atoms with Gasteiger partial charge in [-0.3, -0.25) is 9.11 Å². The molecule has 1 aromatic carbocycles. The van der Waals surface area contributed by atoms with Gasteiger partial charge in [0.2, 0.25) is 0 Å². The molecule has 0 fully saturated rings. The molecule has 0 spiro atoms. The first-order chi connectivity index (χ1) is 12.7. The summed E-state index contributed by atoms with van der Waals surface area (Å²) in [6, 6.07) is 8.11. The zero-order valence-electron chi connectivity index (χ0n) is 16.7. The van der Waals surface area contributed by atoms with Crippen LogP contribution in [0.4, 0.5) is 0 Å². The molecule has 6 nitrogen and oxygen atoms in total. The number of benzene rings is 1. The molecule has 0 aliphatic carbocycles. The summed E-state index contributed by atoms with van der Waals surface area (Å²) in [5.41, 5.74) is 2.27. The highest BCUT2D eigenvalue weighted by atomic mass is 32.2. The summed E-state index contributed by atoms with van der Waals surface area (Å²) < 4.78 is 61.2. The highest BCUT2D eigenvalue weighted by molar-refractivity contribution is 7.98. The van der Waals surface area contributed by atoms with Gasteiger partial charge in [0.05, 0.1) is 9.49 Å². The second-order valence-electron chi connectivity index (χ2n) is 7.89. The highest BCUT2D eigenvalue weighted by Gasteiger charge is 2.32. The molecule has 0 aromatic heterocycles. The molecule has 0 atom stereocenters. The van der Waals surface area contributed by atoms with Crippen molar-refractivity contribution in [1.29, 1.82) is 0 Å². The summed E-state index contributed by atoms with van der Waals surface area (Å²) in [5, 5.41) is 0. The molecule has 0 saturated carbocycles. The van der Waals surface area contributed by atoms with Crippen molar-refractivity contribution in [3.8, 4) is 0 Å². The van der Waals surface area contributed by atoms with Crippen LogP contribution < -0.4 is 0 Å². The Morgan fingerprint density at radius 1 is 0.714 bits per heavy atom. The third-order valence-electron chi connectivity index (χ3n) is 4.65. The first-order valence-corrected chi connectivity index (χ1v) is 14.0. The normalized spacial score (nSPS) is 13.6. The number of rotatable bonds is 12. The molecule has 0 saturated heterocycles. The van der Waals surface area contributed by atoms with Crippen LogP contribution in [0.5, 0.6) is 0 Å². The SMILES string of the molecule is CC(C)(CCSCc1ccc(CSCCC(C)(C)S(=O)(=O)O)cc1)S(=O)(=O)O. The molecule has 1 aromatic rings. The summed E-state index contributed by atoms with van der Waals surface area (Å²) in [7, 11) is -8.09. The maximum absolute atomic E-state index is 11.3. The van der Waals surface area contributed by atoms with Gasteiger partial charge in [-0.15, -0.1) is 0 Å². The van der Waals surface area contributed by atoms with Crippen molar-refractivity contribution in [2.45, 2.75) is 61.5 Å². The molecule has 0 radical (unpaired) electrons. The number of hydrogen-bond donors (Lipinski definition) is 2. The average Bonchev–Trinajstić information content (AvgIpc) is 2.55. The van der Waals surface area contributed by atoms with E-state index in [1.165, 1.54) is 27.7 Å². The second-order valence-corrected chi connectivity index (χ2v) is 14.2. The minimum absolute atomic E-state index is 0.380. The Morgan fingerprint density at radius 3 is 1.25 bits per heavy atom. The predicted octanol–water partition coefficient (Wildman–Crippen LogP) is 4.27. The molecule has 0 aliphatic heterocycles. The molecule has 28 heavy (non-hydrogen) atoms. The van der Waals surface area contributed by atoms with Crippen molar-refractivity contribution in [3.05, 3.63) is 35.4 Å². The Morgan fingerprint density at radius 2 is 1.00 bits per heavy atom. The van der Waals surface area contributed by atoms with Gasteiger partial charge >= 0.3 is 0 Å². The topological polar surface area (TPSA) is 109 Å². The van der Waals surface area contributed by atoms with Gasteiger partial charge in [-0.25, -0.2) is 0 Å². The fourth-order valence-corrected chi connectivity index (χ4v) is 5.44. The Labute approximate surface area is 177 Å². The van der Waals surface area contributed by atoms with Crippen molar-refractivity contribution >= 4 is 43.8 Å². The van der Waals surface area contributed by atoms with Gasteiger partial charge in [0.15, 0.2) is 0 Å². The molecule has 162 valence electrons. The minimum Gasteiger partial charge on any atom is -0.285 e. The van der Waals surface area contributed by atoms with Gasteiger partial charge in [-0.1, -0.05) is 24.3 Å². The molecule has 0 amide bonds. The van der Waals surface area contributed by atoms with Crippen LogP contribution in [0.2, 0.25) is 0 Å². The number of thioether (sulfide) groups is 2. The van der Waals surface area contributed by atoms with E-state index in [1.807, 2.05) is 24.3 Å². The van der Waals surface area contributed by atoms with E-state index in [0.29, 0.717) is 24.3 Å². The molecular formula is C18H30O6S4. The summed E-state index contributed by atoms with van der Waals surface area (Å²) in [6.45, 7) is 6.08. The molecular weight excluding hydrogens is 440 g/mol. The van der Waals surface area contributed by atoms with Crippen molar-refractivity contribution in [3.63, 3.8) is 0 Å². The molecule has 0 bridgehead atoms. The van der Waals surface area contributed by atoms with Gasteiger partial charge in [0.25, 0.3) is 20.2 Å². The monoisotopic (exact) mass is 470 g/mol. The van der Waals surface area contributed by atoms with E-state index in [0.717, 1.165) is 22.6 Å². The molecule has 10 heteroatoms. The Bertz CT molecular complexity index is 756. The smallest absolute Gasteiger partial charge is 0.270 e. The quantitative estimate of drug-likeness (QED) is 0.344. The molecule has 0 heterocycles. The van der Waals surface area contributed by atoms with E-state index in [9.17, 15) is 25.9 Å². The summed E-state index contributed by atoms with van der Waals surface area (Å²) in [5.74, 6) is 2.79. The first-order valence-electron chi connectivity index (χ1n) is 8.83. The molecule has 0 unspecified atom stereocenters. The van der Waals surface area contributed by atoms with Gasteiger partial charge in [-0.2, -0.15) is 40.4 Å². The van der Waals surface area contributed by atoms with Crippen LogP contribution in [0, 0.1) is 0 Å². The fraction of sp³-hybridized carbons (Fsp3) is 0.667. The van der Waals surface area contributed by atoms with Gasteiger partial charge in [0, 0.05) is 11.5 Å². The van der Waals surface area contributed by atoms with Crippen molar-refractivity contribution in [2.24, 2.45) is 0 Å². The van der Waals surface area contributed by atoms with Gasteiger partial charge in [-0.05, 0) is 63.2 Å². The zero-order valence-corrected chi connectivity index (χ0v) is 20.0. The van der Waals surface area contributed by atoms with E-state index >= 15 is 0 Å². The predicted molar refractivity (Wildman–Crippen MR) is 119 cm³/mol. The minimum atomic E-state index is -4.04. The van der Waals surface area contributed by atoms with Crippen LogP contribution in [0.3, 0.4) is 0 Å². The Kier molecular flexibility index (Phi) is 9.36. The standard InChI is InChI=1S/C18H30O6S4/c1-17(2,27(19,20)21)9-11-25-13-15-5-7-16(8-6-15)14-26-12-10-18(3,4)28(22,23)24/h5-8H,9-14H2,1-4H3,(H,19,20,21)(H,22,23,24). The maximum atomic E-state index is 11.3. The molecule has 0 aliphatic rings. The Hall–Kier alpha value is -0.260. The molecule has 2 N–H and O–H groups in total. The van der Waals surface area contributed by atoms with Crippen LogP contribution in [0.25, 0.3) is 0 Å². The summed E-state index contributed by atoms with van der Waals surface area (Å²) in [4.78, 5) is 0. The van der Waals surface area contributed by atoms with Crippen LogP contribution in [0.15, 0.2) is 24.3 Å². The fourth-order valence-electron chi connectivity index (χ4n) is 2.01. The van der Waals surface area contributed by atoms with E-state index in [1.54, 1.807) is 23.5 Å². The number of hydrogen-bond acceptors (Lipinski definition) is 6. The lowest BCUT2D eigenvalue weighted by atomic mass is 10.1. The highest BCUT2D eigenvalue weighted by Crippen LogP contribution is 2.25. The summed E-state index contributed by atoms with van der Waals surface area (Å²) in [6.07, 6.45) is 0.760. The lowest BCUT2D eigenvalue weighted by Gasteiger charge is -2.20. The van der Waals surface area contributed by atoms with Crippen LogP contribution in [0.1, 0.15) is 51.7 Å². The van der Waals surface area contributed by atoms with E-state index < -0.39 is 29.7 Å². The van der Waals surface area contributed by atoms with Crippen LogP contribution in [-0.4, -0.2) is 46.9 Å². The maximum Gasteiger partial charge on any atom is 0.270 e. The summed E-state index contributed by atoms with van der Waals surface area (Å²) >= 11 is 3.24. The van der Waals surface area contributed by atoms with Crippen LogP contribution >= 0.6 is 23.5 Å². The third-order valence-corrected chi connectivity index (χ3v) is 9.92. The van der Waals surface area contributed by atoms with Crippen molar-refractivity contribution in [2.75, 3.05) is 11.5 Å². The lowest BCUT2D eigenvalue weighted by molar-refractivity contribution is 0.436. The van der Waals surface area contributed by atoms with Gasteiger partial charge < -0.3 is 0 Å². The third kappa shape index (κ3) is 8.23. The van der Waals surface area contributed by atoms with E-state index in [-0.39, 0.29) is 0 Å². The second kappa shape index (κ2) is 10.2. The zero-order chi connectivity index (χ0) is 21.6. The lowest BCUT2D eigenvalue weighted by Crippen LogP contribution is -2.31. The first kappa shape index (κ1) is 25.8. The average molecular weight is 471 g/mol. The van der Waals surface area contributed by atoms with Crippen molar-refractivity contribution < 1.29 is 25.9 Å². The Balaban J connectivity index is 2.36. The largest absolute Gasteiger partial charge is 0.285 e. The molecule has 1 rings (SSSR count).